The van der Waals surface area contributed by atoms with Gasteiger partial charge in [-0.3, -0.25) is 0 Å². The fourth-order valence-corrected chi connectivity index (χ4v) is 2.46. The Morgan fingerprint density at radius 2 is 2.12 bits per heavy atom. The smallest absolute Gasteiger partial charge is 0.125 e. The highest BCUT2D eigenvalue weighted by Crippen LogP contribution is 2.22. The Morgan fingerprint density at radius 3 is 2.88 bits per heavy atom. The second-order valence-corrected chi connectivity index (χ2v) is 4.69. The van der Waals surface area contributed by atoms with Gasteiger partial charge < -0.3 is 10.3 Å². The van der Waals surface area contributed by atoms with Crippen LogP contribution in [0.4, 0.5) is 0 Å². The fourth-order valence-electron chi connectivity index (χ4n) is 2.46. The van der Waals surface area contributed by atoms with Crippen molar-refractivity contribution in [3.8, 4) is 0 Å². The molecule has 3 rings (SSSR count). The van der Waals surface area contributed by atoms with E-state index in [0.29, 0.717) is 0 Å². The van der Waals surface area contributed by atoms with Crippen LogP contribution < -0.4 is 5.73 Å². The molecule has 17 heavy (non-hydrogen) atoms. The van der Waals surface area contributed by atoms with Crippen molar-refractivity contribution in [1.29, 1.82) is 0 Å². The highest BCUT2D eigenvalue weighted by atomic mass is 15.1. The van der Waals surface area contributed by atoms with E-state index in [-0.39, 0.29) is 6.04 Å². The van der Waals surface area contributed by atoms with Gasteiger partial charge in [0.2, 0.25) is 0 Å². The lowest BCUT2D eigenvalue weighted by Crippen LogP contribution is -2.21. The number of hydrogen-bond donors (Lipinski definition) is 1. The number of aromatic nitrogens is 2. The number of benzene rings is 1. The summed E-state index contributed by atoms with van der Waals surface area (Å²) in [7, 11) is 0. The minimum Gasteiger partial charge on any atom is -0.333 e. The minimum absolute atomic E-state index is 0.119. The molecular formula is C14H17N3. The molecular weight excluding hydrogens is 210 g/mol. The quantitative estimate of drug-likeness (QED) is 0.855. The molecule has 0 aliphatic carbocycles. The van der Waals surface area contributed by atoms with E-state index >= 15 is 0 Å². The number of imidazole rings is 1. The molecule has 1 atom stereocenters. The maximum atomic E-state index is 6.07. The van der Waals surface area contributed by atoms with E-state index in [2.05, 4.69) is 40.0 Å². The molecule has 3 heteroatoms. The van der Waals surface area contributed by atoms with Crippen molar-refractivity contribution in [3.63, 3.8) is 0 Å². The summed E-state index contributed by atoms with van der Waals surface area (Å²) in [6, 6.07) is 10.6. The number of aryl methyl sites for hydroxylation is 1. The minimum atomic E-state index is 0.119. The van der Waals surface area contributed by atoms with Gasteiger partial charge in [0, 0.05) is 19.2 Å². The largest absolute Gasteiger partial charge is 0.333 e. The van der Waals surface area contributed by atoms with Gasteiger partial charge in [0.1, 0.15) is 5.82 Å². The third-order valence-electron chi connectivity index (χ3n) is 3.33. The molecule has 2 N–H and O–H groups in total. The molecule has 1 unspecified atom stereocenters. The molecule has 0 amide bonds. The second-order valence-electron chi connectivity index (χ2n) is 4.69. The maximum absolute atomic E-state index is 6.07. The van der Waals surface area contributed by atoms with Crippen molar-refractivity contribution in [2.45, 2.75) is 31.8 Å². The van der Waals surface area contributed by atoms with E-state index in [0.717, 1.165) is 37.3 Å². The van der Waals surface area contributed by atoms with Crippen molar-refractivity contribution in [2.24, 2.45) is 5.73 Å². The normalized spacial score (nSPS) is 19.0. The van der Waals surface area contributed by atoms with Gasteiger partial charge in [-0.25, -0.2) is 4.98 Å². The number of nitrogens with two attached hydrogens (primary N) is 1. The van der Waals surface area contributed by atoms with Gasteiger partial charge in [0.25, 0.3) is 0 Å². The first-order chi connectivity index (χ1) is 8.33. The van der Waals surface area contributed by atoms with Gasteiger partial charge in [0.15, 0.2) is 0 Å². The van der Waals surface area contributed by atoms with E-state index in [1.807, 2.05) is 6.07 Å². The van der Waals surface area contributed by atoms with Crippen LogP contribution in [-0.2, 0) is 13.0 Å². The van der Waals surface area contributed by atoms with E-state index in [1.165, 1.54) is 5.56 Å². The topological polar surface area (TPSA) is 43.8 Å². The van der Waals surface area contributed by atoms with Crippen molar-refractivity contribution in [2.75, 3.05) is 0 Å². The lowest BCUT2D eigenvalue weighted by atomic mass is 10.1. The zero-order valence-electron chi connectivity index (χ0n) is 9.84. The molecule has 3 nitrogen and oxygen atoms in total. The Labute approximate surface area is 101 Å². The van der Waals surface area contributed by atoms with Crippen LogP contribution in [0, 0.1) is 0 Å². The first-order valence-electron chi connectivity index (χ1n) is 6.18. The number of hydrogen-bond acceptors (Lipinski definition) is 2. The Hall–Kier alpha value is -1.61. The SMILES string of the molecule is NC1CCCn2cc(Cc3ccccc3)nc21. The van der Waals surface area contributed by atoms with Gasteiger partial charge in [-0.15, -0.1) is 0 Å². The van der Waals surface area contributed by atoms with Gasteiger partial charge >= 0.3 is 0 Å². The molecule has 1 aliphatic rings. The summed E-state index contributed by atoms with van der Waals surface area (Å²) in [6.07, 6.45) is 5.27. The zero-order valence-corrected chi connectivity index (χ0v) is 9.84. The zero-order chi connectivity index (χ0) is 11.7. The monoisotopic (exact) mass is 227 g/mol. The van der Waals surface area contributed by atoms with Gasteiger partial charge in [-0.2, -0.15) is 0 Å². The summed E-state index contributed by atoms with van der Waals surface area (Å²) in [6.45, 7) is 1.06. The molecule has 0 fully saturated rings. The molecule has 1 aromatic carbocycles. The number of nitrogens with zero attached hydrogens (tertiary/aromatic N) is 2. The van der Waals surface area contributed by atoms with Crippen LogP contribution in [0.15, 0.2) is 36.5 Å². The van der Waals surface area contributed by atoms with Gasteiger partial charge in [-0.1, -0.05) is 30.3 Å². The molecule has 2 aromatic rings. The Bertz CT molecular complexity index is 501. The third kappa shape index (κ3) is 2.11. The summed E-state index contributed by atoms with van der Waals surface area (Å²) < 4.78 is 2.21. The summed E-state index contributed by atoms with van der Waals surface area (Å²) in [5.41, 5.74) is 8.50. The standard InChI is InChI=1S/C14H17N3/c15-13-7-4-8-17-10-12(16-14(13)17)9-11-5-2-1-3-6-11/h1-3,5-6,10,13H,4,7-9,15H2. The van der Waals surface area contributed by atoms with Crippen LogP contribution in [-0.4, -0.2) is 9.55 Å². The van der Waals surface area contributed by atoms with E-state index < -0.39 is 0 Å². The van der Waals surface area contributed by atoms with Crippen molar-refractivity contribution < 1.29 is 0 Å². The molecule has 2 heterocycles. The fraction of sp³-hybridized carbons (Fsp3) is 0.357. The lowest BCUT2D eigenvalue weighted by Gasteiger charge is -2.19. The summed E-state index contributed by atoms with van der Waals surface area (Å²) in [5.74, 6) is 1.06. The lowest BCUT2D eigenvalue weighted by molar-refractivity contribution is 0.451. The number of fused-ring (bicyclic) bond motifs is 1. The highest BCUT2D eigenvalue weighted by molar-refractivity contribution is 5.22. The van der Waals surface area contributed by atoms with Crippen LogP contribution in [0.2, 0.25) is 0 Å². The first-order valence-corrected chi connectivity index (χ1v) is 6.18. The van der Waals surface area contributed by atoms with Crippen molar-refractivity contribution in [3.05, 3.63) is 53.6 Å². The first kappa shape index (κ1) is 10.5. The summed E-state index contributed by atoms with van der Waals surface area (Å²) >= 11 is 0. The van der Waals surface area contributed by atoms with Crippen molar-refractivity contribution >= 4 is 0 Å². The van der Waals surface area contributed by atoms with Crippen molar-refractivity contribution in [1.82, 2.24) is 9.55 Å². The molecule has 88 valence electrons. The van der Waals surface area contributed by atoms with E-state index in [1.54, 1.807) is 0 Å². The third-order valence-corrected chi connectivity index (χ3v) is 3.33. The predicted molar refractivity (Wildman–Crippen MR) is 67.6 cm³/mol. The Kier molecular flexibility index (Phi) is 2.69. The number of rotatable bonds is 2. The molecule has 1 aromatic heterocycles. The van der Waals surface area contributed by atoms with Crippen LogP contribution in [0.25, 0.3) is 0 Å². The second kappa shape index (κ2) is 4.34. The van der Waals surface area contributed by atoms with Gasteiger partial charge in [-0.05, 0) is 18.4 Å². The summed E-state index contributed by atoms with van der Waals surface area (Å²) in [5, 5.41) is 0. The average molecular weight is 227 g/mol. The molecule has 0 saturated heterocycles. The molecule has 0 radical (unpaired) electrons. The maximum Gasteiger partial charge on any atom is 0.125 e. The van der Waals surface area contributed by atoms with Crippen LogP contribution in [0.1, 0.15) is 36.0 Å². The van der Waals surface area contributed by atoms with Crippen LogP contribution in [0.5, 0.6) is 0 Å². The molecule has 0 saturated carbocycles. The average Bonchev–Trinajstić information content (AvgIpc) is 2.74. The van der Waals surface area contributed by atoms with E-state index in [9.17, 15) is 0 Å². The van der Waals surface area contributed by atoms with Crippen LogP contribution >= 0.6 is 0 Å². The summed E-state index contributed by atoms with van der Waals surface area (Å²) in [4.78, 5) is 4.67. The Balaban J connectivity index is 1.85. The highest BCUT2D eigenvalue weighted by Gasteiger charge is 2.19. The van der Waals surface area contributed by atoms with Gasteiger partial charge in [0.05, 0.1) is 11.7 Å². The predicted octanol–water partition coefficient (Wildman–Crippen LogP) is 2.27. The van der Waals surface area contributed by atoms with Crippen LogP contribution in [0.3, 0.4) is 0 Å². The molecule has 1 aliphatic heterocycles. The Morgan fingerprint density at radius 1 is 1.29 bits per heavy atom. The van der Waals surface area contributed by atoms with E-state index in [4.69, 9.17) is 5.73 Å². The molecule has 0 bridgehead atoms. The molecule has 0 spiro atoms.